The summed E-state index contributed by atoms with van der Waals surface area (Å²) < 4.78 is 12.3. The third-order valence-corrected chi connectivity index (χ3v) is 4.93. The van der Waals surface area contributed by atoms with Gasteiger partial charge in [-0.1, -0.05) is 30.0 Å². The highest BCUT2D eigenvalue weighted by molar-refractivity contribution is 7.99. The third-order valence-electron chi connectivity index (χ3n) is 3.99. The standard InChI is InChI=1S/C18H17N5O3S/c1-11(15-9-12-5-2-3-6-13(12)26-15)20-16(24)10-27-18-22-21-17(23(18)19)14-7-4-8-25-14/h2-9,11H,10,19H2,1H3,(H,20,24)/t11-/m0/s1. The van der Waals surface area contributed by atoms with Crippen LogP contribution in [0.1, 0.15) is 18.7 Å². The van der Waals surface area contributed by atoms with E-state index in [-0.39, 0.29) is 17.7 Å². The first-order valence-electron chi connectivity index (χ1n) is 8.27. The van der Waals surface area contributed by atoms with Gasteiger partial charge in [-0.25, -0.2) is 4.68 Å². The third kappa shape index (κ3) is 3.54. The molecule has 3 heterocycles. The Kier molecular flexibility index (Phi) is 4.59. The molecule has 138 valence electrons. The van der Waals surface area contributed by atoms with E-state index < -0.39 is 0 Å². The number of carbonyl (C=O) groups excluding carboxylic acids is 1. The van der Waals surface area contributed by atoms with Gasteiger partial charge >= 0.3 is 0 Å². The fraction of sp³-hybridized carbons (Fsp3) is 0.167. The number of nitrogens with two attached hydrogens (primary N) is 1. The molecule has 3 N–H and O–H groups in total. The van der Waals surface area contributed by atoms with Crippen LogP contribution in [-0.4, -0.2) is 26.5 Å². The normalized spacial score (nSPS) is 12.3. The SMILES string of the molecule is C[C@H](NC(=O)CSc1nnc(-c2ccco2)n1N)c1cc2ccccc2o1. The number of hydrogen-bond donors (Lipinski definition) is 2. The van der Waals surface area contributed by atoms with Gasteiger partial charge in [-0.3, -0.25) is 4.79 Å². The summed E-state index contributed by atoms with van der Waals surface area (Å²) in [6, 6.07) is 12.9. The molecule has 3 aromatic heterocycles. The van der Waals surface area contributed by atoms with Crippen molar-refractivity contribution in [2.45, 2.75) is 18.1 Å². The predicted molar refractivity (Wildman–Crippen MR) is 101 cm³/mol. The van der Waals surface area contributed by atoms with Gasteiger partial charge in [0, 0.05) is 5.39 Å². The summed E-state index contributed by atoms with van der Waals surface area (Å²) in [5.41, 5.74) is 0.796. The number of thioether (sulfide) groups is 1. The van der Waals surface area contributed by atoms with Crippen LogP contribution in [0.3, 0.4) is 0 Å². The van der Waals surface area contributed by atoms with Crippen LogP contribution in [0.15, 0.2) is 62.7 Å². The minimum Gasteiger partial charge on any atom is -0.461 e. The monoisotopic (exact) mass is 383 g/mol. The molecule has 0 saturated carbocycles. The molecule has 1 aromatic carbocycles. The Morgan fingerprint density at radius 3 is 2.93 bits per heavy atom. The Bertz CT molecular complexity index is 1040. The average molecular weight is 383 g/mol. The first kappa shape index (κ1) is 17.2. The molecule has 0 aliphatic carbocycles. The number of hydrogen-bond acceptors (Lipinski definition) is 7. The average Bonchev–Trinajstić information content (AvgIpc) is 3.39. The molecule has 0 radical (unpaired) electrons. The minimum atomic E-state index is -0.250. The summed E-state index contributed by atoms with van der Waals surface area (Å²) >= 11 is 1.20. The number of carbonyl (C=O) groups is 1. The Labute approximate surface area is 158 Å². The predicted octanol–water partition coefficient (Wildman–Crippen LogP) is 2.97. The summed E-state index contributed by atoms with van der Waals surface area (Å²) in [4.78, 5) is 12.3. The highest BCUT2D eigenvalue weighted by Gasteiger charge is 2.17. The van der Waals surface area contributed by atoms with E-state index in [0.717, 1.165) is 11.0 Å². The zero-order chi connectivity index (χ0) is 18.8. The molecule has 1 amide bonds. The first-order chi connectivity index (χ1) is 13.1. The van der Waals surface area contributed by atoms with Crippen LogP contribution >= 0.6 is 11.8 Å². The van der Waals surface area contributed by atoms with Crippen molar-refractivity contribution in [3.63, 3.8) is 0 Å². The number of aromatic nitrogens is 3. The maximum absolute atomic E-state index is 12.3. The number of benzene rings is 1. The maximum Gasteiger partial charge on any atom is 0.231 e. The summed E-state index contributed by atoms with van der Waals surface area (Å²) in [7, 11) is 0. The molecule has 0 bridgehead atoms. The summed E-state index contributed by atoms with van der Waals surface area (Å²) in [6.07, 6.45) is 1.53. The lowest BCUT2D eigenvalue weighted by atomic mass is 10.2. The molecular weight excluding hydrogens is 366 g/mol. The van der Waals surface area contributed by atoms with Crippen molar-refractivity contribution in [2.75, 3.05) is 11.6 Å². The number of furan rings is 2. The summed E-state index contributed by atoms with van der Waals surface area (Å²) in [5.74, 6) is 7.59. The van der Waals surface area contributed by atoms with Gasteiger partial charge in [0.1, 0.15) is 11.3 Å². The van der Waals surface area contributed by atoms with Crippen molar-refractivity contribution in [3.05, 3.63) is 54.5 Å². The first-order valence-corrected chi connectivity index (χ1v) is 9.25. The molecule has 1 atom stereocenters. The van der Waals surface area contributed by atoms with E-state index in [2.05, 4.69) is 15.5 Å². The topological polar surface area (TPSA) is 112 Å². The number of rotatable bonds is 6. The summed E-state index contributed by atoms with van der Waals surface area (Å²) in [6.45, 7) is 1.88. The van der Waals surface area contributed by atoms with E-state index in [9.17, 15) is 4.79 Å². The molecule has 9 heteroatoms. The molecule has 4 rings (SSSR count). The quantitative estimate of drug-likeness (QED) is 0.389. The number of nitrogen functional groups attached to an aromatic ring is 1. The van der Waals surface area contributed by atoms with Crippen molar-refractivity contribution in [2.24, 2.45) is 0 Å². The zero-order valence-electron chi connectivity index (χ0n) is 14.5. The lowest BCUT2D eigenvalue weighted by molar-refractivity contribution is -0.119. The molecule has 0 aliphatic heterocycles. The van der Waals surface area contributed by atoms with E-state index in [0.29, 0.717) is 22.5 Å². The number of para-hydroxylation sites is 1. The lowest BCUT2D eigenvalue weighted by Gasteiger charge is -2.10. The van der Waals surface area contributed by atoms with E-state index in [1.54, 1.807) is 12.1 Å². The van der Waals surface area contributed by atoms with Crippen molar-refractivity contribution in [1.82, 2.24) is 20.2 Å². The molecular formula is C18H17N5O3S. The van der Waals surface area contributed by atoms with Gasteiger partial charge < -0.3 is 20.0 Å². The molecule has 0 aliphatic rings. The smallest absolute Gasteiger partial charge is 0.231 e. The van der Waals surface area contributed by atoms with Gasteiger partial charge in [0.15, 0.2) is 5.76 Å². The van der Waals surface area contributed by atoms with Crippen LogP contribution in [0.25, 0.3) is 22.6 Å². The largest absolute Gasteiger partial charge is 0.461 e. The van der Waals surface area contributed by atoms with Crippen LogP contribution in [0.2, 0.25) is 0 Å². The molecule has 27 heavy (non-hydrogen) atoms. The Morgan fingerprint density at radius 2 is 2.15 bits per heavy atom. The van der Waals surface area contributed by atoms with E-state index >= 15 is 0 Å². The van der Waals surface area contributed by atoms with Gasteiger partial charge in [0.05, 0.1) is 18.1 Å². The van der Waals surface area contributed by atoms with Crippen molar-refractivity contribution in [3.8, 4) is 11.6 Å². The van der Waals surface area contributed by atoms with Crippen LogP contribution in [0.4, 0.5) is 0 Å². The van der Waals surface area contributed by atoms with Gasteiger partial charge in [-0.2, -0.15) is 0 Å². The van der Waals surface area contributed by atoms with Gasteiger partial charge in [0.2, 0.25) is 16.9 Å². The second kappa shape index (κ2) is 7.20. The van der Waals surface area contributed by atoms with Crippen molar-refractivity contribution < 1.29 is 13.6 Å². The Hall–Kier alpha value is -3.20. The van der Waals surface area contributed by atoms with E-state index in [4.69, 9.17) is 14.7 Å². The molecule has 0 unspecified atom stereocenters. The molecule has 8 nitrogen and oxygen atoms in total. The summed E-state index contributed by atoms with van der Waals surface area (Å²) in [5, 5.41) is 12.3. The lowest BCUT2D eigenvalue weighted by Crippen LogP contribution is -2.28. The molecule has 0 saturated heterocycles. The van der Waals surface area contributed by atoms with E-state index in [1.807, 2.05) is 37.3 Å². The van der Waals surface area contributed by atoms with E-state index in [1.165, 1.54) is 22.7 Å². The second-order valence-electron chi connectivity index (χ2n) is 5.92. The number of nitrogens with one attached hydrogen (secondary N) is 1. The fourth-order valence-electron chi connectivity index (χ4n) is 2.65. The van der Waals surface area contributed by atoms with Gasteiger partial charge in [-0.05, 0) is 31.2 Å². The number of amides is 1. The van der Waals surface area contributed by atoms with Crippen LogP contribution in [0, 0.1) is 0 Å². The minimum absolute atomic E-state index is 0.151. The van der Waals surface area contributed by atoms with Crippen LogP contribution in [0.5, 0.6) is 0 Å². The van der Waals surface area contributed by atoms with Gasteiger partial charge in [0.25, 0.3) is 0 Å². The number of nitrogens with zero attached hydrogens (tertiary/aromatic N) is 3. The highest BCUT2D eigenvalue weighted by atomic mass is 32.2. The molecule has 0 fully saturated rings. The fourth-order valence-corrected chi connectivity index (χ4v) is 3.32. The Balaban J connectivity index is 1.37. The van der Waals surface area contributed by atoms with Crippen molar-refractivity contribution in [1.29, 1.82) is 0 Å². The maximum atomic E-state index is 12.3. The van der Waals surface area contributed by atoms with Crippen molar-refractivity contribution >= 4 is 28.6 Å². The number of fused-ring (bicyclic) bond motifs is 1. The van der Waals surface area contributed by atoms with Crippen LogP contribution in [-0.2, 0) is 4.79 Å². The Morgan fingerprint density at radius 1 is 1.30 bits per heavy atom. The highest BCUT2D eigenvalue weighted by Crippen LogP contribution is 2.24. The molecule has 0 spiro atoms. The van der Waals surface area contributed by atoms with Gasteiger partial charge in [-0.15, -0.1) is 10.2 Å². The van der Waals surface area contributed by atoms with Crippen LogP contribution < -0.4 is 11.2 Å². The molecule has 4 aromatic rings. The second-order valence-corrected chi connectivity index (χ2v) is 6.86. The zero-order valence-corrected chi connectivity index (χ0v) is 15.3.